The van der Waals surface area contributed by atoms with Crippen LogP contribution in [0.4, 0.5) is 0 Å². The van der Waals surface area contributed by atoms with E-state index >= 15 is 0 Å². The normalized spacial score (nSPS) is 11.6. The predicted molar refractivity (Wildman–Crippen MR) is 102 cm³/mol. The van der Waals surface area contributed by atoms with Crippen LogP contribution in [-0.4, -0.2) is 34.7 Å². The Morgan fingerprint density at radius 3 is 2.41 bits per heavy atom. The maximum Gasteiger partial charge on any atom is 0.303 e. The highest BCUT2D eigenvalue weighted by Gasteiger charge is 2.14. The van der Waals surface area contributed by atoms with E-state index in [1.165, 1.54) is 34.8 Å². The van der Waals surface area contributed by atoms with Gasteiger partial charge in [-0.2, -0.15) is 0 Å². The minimum absolute atomic E-state index is 0.0314. The fourth-order valence-corrected chi connectivity index (χ4v) is 4.93. The number of rotatable bonds is 7. The number of nitrogens with two attached hydrogens (primary N) is 1. The quantitative estimate of drug-likeness (QED) is 0.593. The van der Waals surface area contributed by atoms with Crippen molar-refractivity contribution in [3.8, 4) is 10.4 Å². The van der Waals surface area contributed by atoms with Crippen LogP contribution in [-0.2, 0) is 27.7 Å². The Bertz CT molecular complexity index is 1070. The molecule has 0 aliphatic rings. The highest BCUT2D eigenvalue weighted by atomic mass is 32.2. The van der Waals surface area contributed by atoms with Crippen molar-refractivity contribution < 1.29 is 18.3 Å². The van der Waals surface area contributed by atoms with Crippen molar-refractivity contribution in [3.63, 3.8) is 0 Å². The van der Waals surface area contributed by atoms with Gasteiger partial charge in [-0.05, 0) is 24.6 Å². The summed E-state index contributed by atoms with van der Waals surface area (Å²) >= 11 is 2.89. The number of carbonyl (C=O) groups is 1. The number of sulfonamides is 1. The van der Waals surface area contributed by atoms with Crippen LogP contribution in [0.3, 0.4) is 0 Å². The van der Waals surface area contributed by atoms with Crippen LogP contribution in [0, 0.1) is 6.92 Å². The summed E-state index contributed by atoms with van der Waals surface area (Å²) < 4.78 is 22.7. The van der Waals surface area contributed by atoms with Gasteiger partial charge in [-0.15, -0.1) is 32.9 Å². The first-order valence-electron chi connectivity index (χ1n) is 7.85. The molecular weight excluding hydrogens is 408 g/mol. The van der Waals surface area contributed by atoms with Crippen molar-refractivity contribution in [2.45, 2.75) is 31.1 Å². The number of aliphatic carboxylic acids is 1. The van der Waals surface area contributed by atoms with E-state index < -0.39 is 16.0 Å². The third-order valence-electron chi connectivity index (χ3n) is 3.65. The first-order chi connectivity index (χ1) is 12.7. The third-order valence-corrected chi connectivity index (χ3v) is 6.77. The lowest BCUT2D eigenvalue weighted by atomic mass is 10.2. The van der Waals surface area contributed by atoms with Gasteiger partial charge >= 0.3 is 5.97 Å². The third kappa shape index (κ3) is 4.95. The molecule has 0 amide bonds. The highest BCUT2D eigenvalue weighted by Crippen LogP contribution is 2.32. The topological polar surface area (TPSA) is 136 Å². The maximum atomic E-state index is 11.4. The van der Waals surface area contributed by atoms with Gasteiger partial charge in [-0.3, -0.25) is 4.79 Å². The molecule has 8 nitrogen and oxygen atoms in total. The van der Waals surface area contributed by atoms with Crippen LogP contribution in [0.1, 0.15) is 27.1 Å². The lowest BCUT2D eigenvalue weighted by molar-refractivity contribution is -0.136. The molecule has 0 saturated carbocycles. The van der Waals surface area contributed by atoms with Crippen molar-refractivity contribution in [1.82, 2.24) is 15.2 Å². The molecule has 0 bridgehead atoms. The SMILES string of the molecule is Cc1nc(Cc2nnc(CCC(=O)O)s2)sc1-c1ccc(S(N)(=O)=O)cc1. The van der Waals surface area contributed by atoms with E-state index in [0.29, 0.717) is 17.8 Å². The summed E-state index contributed by atoms with van der Waals surface area (Å²) in [5, 5.41) is 24.3. The first kappa shape index (κ1) is 19.5. The molecule has 0 aliphatic carbocycles. The molecule has 3 aromatic rings. The molecule has 0 fully saturated rings. The van der Waals surface area contributed by atoms with Crippen LogP contribution >= 0.6 is 22.7 Å². The van der Waals surface area contributed by atoms with E-state index in [1.54, 1.807) is 12.1 Å². The lowest BCUT2D eigenvalue weighted by Crippen LogP contribution is -2.11. The molecule has 0 aliphatic heterocycles. The fourth-order valence-electron chi connectivity index (χ4n) is 2.40. The smallest absolute Gasteiger partial charge is 0.303 e. The van der Waals surface area contributed by atoms with Gasteiger partial charge in [0.15, 0.2) is 0 Å². The van der Waals surface area contributed by atoms with E-state index in [9.17, 15) is 13.2 Å². The summed E-state index contributed by atoms with van der Waals surface area (Å²) in [4.78, 5) is 16.2. The van der Waals surface area contributed by atoms with Crippen LogP contribution in [0.25, 0.3) is 10.4 Å². The van der Waals surface area contributed by atoms with Crippen LogP contribution in [0.5, 0.6) is 0 Å². The number of hydrogen-bond acceptors (Lipinski definition) is 8. The van der Waals surface area contributed by atoms with E-state index in [2.05, 4.69) is 15.2 Å². The Balaban J connectivity index is 1.76. The monoisotopic (exact) mass is 424 g/mol. The van der Waals surface area contributed by atoms with Crippen LogP contribution in [0.15, 0.2) is 29.2 Å². The highest BCUT2D eigenvalue weighted by molar-refractivity contribution is 7.89. The number of carboxylic acid groups (broad SMARTS) is 1. The van der Waals surface area contributed by atoms with Gasteiger partial charge in [-0.25, -0.2) is 18.5 Å². The summed E-state index contributed by atoms with van der Waals surface area (Å²) in [6.45, 7) is 1.89. The van der Waals surface area contributed by atoms with Gasteiger partial charge in [0.25, 0.3) is 0 Å². The second kappa shape index (κ2) is 7.80. The average Bonchev–Trinajstić information content (AvgIpc) is 3.19. The number of hydrogen-bond donors (Lipinski definition) is 2. The summed E-state index contributed by atoms with van der Waals surface area (Å²) in [5.74, 6) is -0.861. The molecule has 11 heteroatoms. The molecule has 0 spiro atoms. The van der Waals surface area contributed by atoms with Gasteiger partial charge in [0.2, 0.25) is 10.0 Å². The molecule has 0 saturated heterocycles. The Morgan fingerprint density at radius 2 is 1.78 bits per heavy atom. The van der Waals surface area contributed by atoms with Crippen LogP contribution < -0.4 is 5.14 Å². The zero-order valence-electron chi connectivity index (χ0n) is 14.2. The molecular formula is C16H16N4O4S3. The molecule has 27 heavy (non-hydrogen) atoms. The molecule has 2 heterocycles. The molecule has 0 unspecified atom stereocenters. The summed E-state index contributed by atoms with van der Waals surface area (Å²) in [7, 11) is -3.72. The largest absolute Gasteiger partial charge is 0.481 e. The number of primary sulfonamides is 1. The van der Waals surface area contributed by atoms with E-state index in [0.717, 1.165) is 26.1 Å². The zero-order chi connectivity index (χ0) is 19.6. The fraction of sp³-hybridized carbons (Fsp3) is 0.250. The van der Waals surface area contributed by atoms with Crippen molar-refractivity contribution >= 4 is 38.7 Å². The Hall–Kier alpha value is -2.21. The zero-order valence-corrected chi connectivity index (χ0v) is 16.7. The molecule has 0 atom stereocenters. The maximum absolute atomic E-state index is 11.4. The number of thiazole rings is 1. The minimum atomic E-state index is -3.72. The van der Waals surface area contributed by atoms with Gasteiger partial charge in [0.05, 0.1) is 28.3 Å². The standard InChI is InChI=1S/C16H16N4O4S3/c1-9-16(10-2-4-11(5-3-10)27(17,23)24)26-13(18-9)8-14-20-19-12(25-14)6-7-15(21)22/h2-5H,6-8H2,1H3,(H,21,22)(H2,17,23,24). The molecule has 3 N–H and O–H groups in total. The van der Waals surface area contributed by atoms with E-state index in [1.807, 2.05) is 6.92 Å². The van der Waals surface area contributed by atoms with E-state index in [-0.39, 0.29) is 11.3 Å². The molecule has 1 aromatic carbocycles. The molecule has 0 radical (unpaired) electrons. The number of nitrogens with zero attached hydrogens (tertiary/aromatic N) is 3. The Morgan fingerprint density at radius 1 is 1.11 bits per heavy atom. The number of carboxylic acids is 1. The lowest BCUT2D eigenvalue weighted by Gasteiger charge is -2.01. The average molecular weight is 425 g/mol. The molecule has 3 rings (SSSR count). The van der Waals surface area contributed by atoms with Gasteiger partial charge in [0, 0.05) is 6.42 Å². The van der Waals surface area contributed by atoms with Gasteiger partial charge < -0.3 is 5.11 Å². The number of benzene rings is 1. The van der Waals surface area contributed by atoms with Crippen LogP contribution in [0.2, 0.25) is 0 Å². The van der Waals surface area contributed by atoms with Gasteiger partial charge in [-0.1, -0.05) is 12.1 Å². The number of aromatic nitrogens is 3. The predicted octanol–water partition coefficient (Wildman–Crippen LogP) is 2.23. The first-order valence-corrected chi connectivity index (χ1v) is 11.0. The van der Waals surface area contributed by atoms with Crippen molar-refractivity contribution in [3.05, 3.63) is 45.0 Å². The second-order valence-corrected chi connectivity index (χ2v) is 9.54. The van der Waals surface area contributed by atoms with Crippen molar-refractivity contribution in [2.24, 2.45) is 5.14 Å². The Kier molecular flexibility index (Phi) is 5.65. The number of aryl methyl sites for hydroxylation is 2. The van der Waals surface area contributed by atoms with Crippen molar-refractivity contribution in [1.29, 1.82) is 0 Å². The summed E-state index contributed by atoms with van der Waals surface area (Å²) in [6, 6.07) is 6.37. The second-order valence-electron chi connectivity index (χ2n) is 5.75. The van der Waals surface area contributed by atoms with E-state index in [4.69, 9.17) is 10.2 Å². The molecule has 2 aromatic heterocycles. The summed E-state index contributed by atoms with van der Waals surface area (Å²) in [6.07, 6.45) is 0.917. The summed E-state index contributed by atoms with van der Waals surface area (Å²) in [5.41, 5.74) is 1.71. The minimum Gasteiger partial charge on any atom is -0.481 e. The molecule has 142 valence electrons. The van der Waals surface area contributed by atoms with Crippen molar-refractivity contribution in [2.75, 3.05) is 0 Å². The van der Waals surface area contributed by atoms with Gasteiger partial charge in [0.1, 0.15) is 15.0 Å². The Labute approximate surface area is 163 Å².